The van der Waals surface area contributed by atoms with E-state index in [0.29, 0.717) is 18.1 Å². The van der Waals surface area contributed by atoms with E-state index in [-0.39, 0.29) is 6.03 Å². The van der Waals surface area contributed by atoms with E-state index in [0.717, 1.165) is 29.7 Å². The Hall–Kier alpha value is -2.01. The summed E-state index contributed by atoms with van der Waals surface area (Å²) in [6, 6.07) is 7.60. The fraction of sp³-hybridized carbons (Fsp3) is 0.286. The number of anilines is 1. The smallest absolute Gasteiger partial charge is 0.317 e. The number of carbonyl (C=O) groups excluding carboxylic acids is 1. The molecule has 3 rings (SSSR count). The molecule has 1 saturated heterocycles. The lowest BCUT2D eigenvalue weighted by atomic mass is 10.2. The SMILES string of the molecule is O=C1NCCN1CCNc1ccc(Cl)c2cccnc12. The molecule has 0 bridgehead atoms. The predicted molar refractivity (Wildman–Crippen MR) is 80.2 cm³/mol. The van der Waals surface area contributed by atoms with Gasteiger partial charge in [0.05, 0.1) is 16.2 Å². The van der Waals surface area contributed by atoms with Crippen LogP contribution in [0.3, 0.4) is 0 Å². The van der Waals surface area contributed by atoms with Crippen LogP contribution in [0.1, 0.15) is 0 Å². The minimum absolute atomic E-state index is 0.00545. The predicted octanol–water partition coefficient (Wildman–Crippen LogP) is 2.33. The summed E-state index contributed by atoms with van der Waals surface area (Å²) >= 11 is 6.16. The highest BCUT2D eigenvalue weighted by molar-refractivity contribution is 6.35. The zero-order valence-electron chi connectivity index (χ0n) is 10.9. The molecule has 0 atom stereocenters. The molecule has 2 heterocycles. The fourth-order valence-corrected chi connectivity index (χ4v) is 2.55. The standard InChI is InChI=1S/C14H15ClN4O/c15-11-3-4-12(13-10(11)2-1-5-17-13)16-6-8-19-9-7-18-14(19)20/h1-5,16H,6-9H2,(H,18,20). The summed E-state index contributed by atoms with van der Waals surface area (Å²) in [6.07, 6.45) is 1.75. The van der Waals surface area contributed by atoms with Crippen molar-refractivity contribution in [2.45, 2.75) is 0 Å². The zero-order chi connectivity index (χ0) is 13.9. The number of aromatic nitrogens is 1. The Morgan fingerprint density at radius 2 is 2.30 bits per heavy atom. The first-order valence-corrected chi connectivity index (χ1v) is 6.93. The van der Waals surface area contributed by atoms with Gasteiger partial charge in [-0.2, -0.15) is 0 Å². The van der Waals surface area contributed by atoms with E-state index in [1.165, 1.54) is 0 Å². The van der Waals surface area contributed by atoms with E-state index in [4.69, 9.17) is 11.6 Å². The van der Waals surface area contributed by atoms with Crippen LogP contribution in [0.2, 0.25) is 5.02 Å². The summed E-state index contributed by atoms with van der Waals surface area (Å²) < 4.78 is 0. The van der Waals surface area contributed by atoms with Gasteiger partial charge < -0.3 is 15.5 Å². The van der Waals surface area contributed by atoms with E-state index in [1.807, 2.05) is 24.3 Å². The molecule has 5 nitrogen and oxygen atoms in total. The van der Waals surface area contributed by atoms with Crippen molar-refractivity contribution in [2.24, 2.45) is 0 Å². The summed E-state index contributed by atoms with van der Waals surface area (Å²) in [5.41, 5.74) is 1.79. The van der Waals surface area contributed by atoms with Gasteiger partial charge in [-0.1, -0.05) is 11.6 Å². The van der Waals surface area contributed by atoms with Gasteiger partial charge in [-0.05, 0) is 24.3 Å². The van der Waals surface area contributed by atoms with Crippen molar-refractivity contribution >= 4 is 34.2 Å². The largest absolute Gasteiger partial charge is 0.382 e. The number of nitrogens with zero attached hydrogens (tertiary/aromatic N) is 2. The Bertz CT molecular complexity index is 646. The number of pyridine rings is 1. The van der Waals surface area contributed by atoms with Crippen LogP contribution in [-0.2, 0) is 0 Å². The second kappa shape index (κ2) is 5.54. The molecule has 2 aromatic rings. The van der Waals surface area contributed by atoms with Crippen LogP contribution < -0.4 is 10.6 Å². The molecule has 2 N–H and O–H groups in total. The maximum Gasteiger partial charge on any atom is 0.317 e. The molecule has 0 saturated carbocycles. The highest BCUT2D eigenvalue weighted by atomic mass is 35.5. The van der Waals surface area contributed by atoms with E-state index in [1.54, 1.807) is 11.1 Å². The maximum atomic E-state index is 11.4. The average molecular weight is 291 g/mol. The Kier molecular flexibility index (Phi) is 3.60. The van der Waals surface area contributed by atoms with Gasteiger partial charge in [0.15, 0.2) is 0 Å². The van der Waals surface area contributed by atoms with Crippen molar-refractivity contribution in [3.8, 4) is 0 Å². The molecular weight excluding hydrogens is 276 g/mol. The van der Waals surface area contributed by atoms with Crippen LogP contribution in [0.15, 0.2) is 30.5 Å². The summed E-state index contributed by atoms with van der Waals surface area (Å²) in [5, 5.41) is 7.73. The molecule has 0 unspecified atom stereocenters. The minimum Gasteiger partial charge on any atom is -0.382 e. The Morgan fingerprint density at radius 1 is 1.40 bits per heavy atom. The molecule has 0 radical (unpaired) electrons. The first-order valence-electron chi connectivity index (χ1n) is 6.55. The first kappa shape index (κ1) is 13.0. The van der Waals surface area contributed by atoms with Gasteiger partial charge in [-0.3, -0.25) is 4.98 Å². The second-order valence-electron chi connectivity index (χ2n) is 4.64. The van der Waals surface area contributed by atoms with Gasteiger partial charge in [-0.25, -0.2) is 4.79 Å². The van der Waals surface area contributed by atoms with E-state index >= 15 is 0 Å². The number of urea groups is 1. The van der Waals surface area contributed by atoms with Gasteiger partial charge in [0.25, 0.3) is 0 Å². The number of hydrogen-bond acceptors (Lipinski definition) is 3. The Labute approximate surface area is 121 Å². The van der Waals surface area contributed by atoms with E-state index < -0.39 is 0 Å². The molecule has 1 aliphatic rings. The molecule has 104 valence electrons. The van der Waals surface area contributed by atoms with Crippen molar-refractivity contribution in [2.75, 3.05) is 31.5 Å². The van der Waals surface area contributed by atoms with E-state index in [9.17, 15) is 4.79 Å². The zero-order valence-corrected chi connectivity index (χ0v) is 11.7. The highest BCUT2D eigenvalue weighted by Crippen LogP contribution is 2.27. The van der Waals surface area contributed by atoms with Crippen LogP contribution in [-0.4, -0.2) is 42.1 Å². The van der Waals surface area contributed by atoms with Crippen LogP contribution >= 0.6 is 11.6 Å². The lowest BCUT2D eigenvalue weighted by molar-refractivity contribution is 0.219. The van der Waals surface area contributed by atoms with Crippen molar-refractivity contribution in [1.82, 2.24) is 15.2 Å². The number of carbonyl (C=O) groups is 1. The van der Waals surface area contributed by atoms with Gasteiger partial charge in [0.2, 0.25) is 0 Å². The quantitative estimate of drug-likeness (QED) is 0.908. The number of rotatable bonds is 4. The number of benzene rings is 1. The summed E-state index contributed by atoms with van der Waals surface area (Å²) in [4.78, 5) is 17.6. The topological polar surface area (TPSA) is 57.3 Å². The maximum absolute atomic E-state index is 11.4. The van der Waals surface area contributed by atoms with Crippen molar-refractivity contribution in [3.05, 3.63) is 35.5 Å². The first-order chi connectivity index (χ1) is 9.75. The molecule has 2 amide bonds. The van der Waals surface area contributed by atoms with Crippen LogP contribution in [0.5, 0.6) is 0 Å². The monoisotopic (exact) mass is 290 g/mol. The van der Waals surface area contributed by atoms with Gasteiger partial charge in [0, 0.05) is 37.8 Å². The summed E-state index contributed by atoms with van der Waals surface area (Å²) in [6.45, 7) is 2.84. The number of halogens is 1. The van der Waals surface area contributed by atoms with Crippen LogP contribution in [0, 0.1) is 0 Å². The second-order valence-corrected chi connectivity index (χ2v) is 5.05. The molecule has 0 spiro atoms. The highest BCUT2D eigenvalue weighted by Gasteiger charge is 2.18. The molecule has 6 heteroatoms. The lowest BCUT2D eigenvalue weighted by Gasteiger charge is -2.15. The number of nitrogens with one attached hydrogen (secondary N) is 2. The third-order valence-corrected chi connectivity index (χ3v) is 3.69. The van der Waals surface area contributed by atoms with Crippen molar-refractivity contribution in [3.63, 3.8) is 0 Å². The van der Waals surface area contributed by atoms with Crippen LogP contribution in [0.25, 0.3) is 10.9 Å². The van der Waals surface area contributed by atoms with Crippen molar-refractivity contribution in [1.29, 1.82) is 0 Å². The molecule has 1 aliphatic heterocycles. The summed E-state index contributed by atoms with van der Waals surface area (Å²) in [5.74, 6) is 0. The third-order valence-electron chi connectivity index (χ3n) is 3.36. The van der Waals surface area contributed by atoms with Gasteiger partial charge in [0.1, 0.15) is 0 Å². The molecule has 20 heavy (non-hydrogen) atoms. The minimum atomic E-state index is 0.00545. The fourth-order valence-electron chi connectivity index (χ4n) is 2.33. The van der Waals surface area contributed by atoms with Crippen LogP contribution in [0.4, 0.5) is 10.5 Å². The Balaban J connectivity index is 1.71. The van der Waals surface area contributed by atoms with E-state index in [2.05, 4.69) is 15.6 Å². The van der Waals surface area contributed by atoms with Gasteiger partial charge in [-0.15, -0.1) is 0 Å². The van der Waals surface area contributed by atoms with Gasteiger partial charge >= 0.3 is 6.03 Å². The van der Waals surface area contributed by atoms with Crippen molar-refractivity contribution < 1.29 is 4.79 Å². The molecule has 0 aliphatic carbocycles. The average Bonchev–Trinajstić information content (AvgIpc) is 2.87. The number of amides is 2. The number of fused-ring (bicyclic) bond motifs is 1. The third kappa shape index (κ3) is 2.49. The lowest BCUT2D eigenvalue weighted by Crippen LogP contribution is -2.32. The molecule has 1 aromatic heterocycles. The Morgan fingerprint density at radius 3 is 3.10 bits per heavy atom. The summed E-state index contributed by atoms with van der Waals surface area (Å²) in [7, 11) is 0. The molecule has 1 aromatic carbocycles. The number of hydrogen-bond donors (Lipinski definition) is 2. The normalized spacial score (nSPS) is 14.7. The molecular formula is C14H15ClN4O. The molecule has 1 fully saturated rings.